The molecule has 1 aromatic heterocycles. The molecule has 0 aliphatic carbocycles. The molecular formula is C33H39N5O2S. The fourth-order valence-corrected chi connectivity index (χ4v) is 4.43. The van der Waals surface area contributed by atoms with E-state index < -0.39 is 0 Å². The molecule has 0 radical (unpaired) electrons. The molecule has 0 aliphatic rings. The summed E-state index contributed by atoms with van der Waals surface area (Å²) >= 11 is 1.41. The summed E-state index contributed by atoms with van der Waals surface area (Å²) in [6.45, 7) is 17.5. The lowest BCUT2D eigenvalue weighted by molar-refractivity contribution is 0.102. The molecule has 0 aliphatic heterocycles. The zero-order chi connectivity index (χ0) is 30.4. The summed E-state index contributed by atoms with van der Waals surface area (Å²) in [5.41, 5.74) is 5.03. The lowest BCUT2D eigenvalue weighted by Gasteiger charge is -2.11. The van der Waals surface area contributed by atoms with E-state index in [4.69, 9.17) is 0 Å². The van der Waals surface area contributed by atoms with Gasteiger partial charge in [0, 0.05) is 18.9 Å². The maximum Gasteiger partial charge on any atom is 0.275 e. The molecule has 41 heavy (non-hydrogen) atoms. The highest BCUT2D eigenvalue weighted by Gasteiger charge is 2.20. The first-order valence-corrected chi connectivity index (χ1v) is 14.1. The summed E-state index contributed by atoms with van der Waals surface area (Å²) in [6, 6.07) is 12.7. The second-order valence-corrected chi connectivity index (χ2v) is 9.52. The summed E-state index contributed by atoms with van der Waals surface area (Å²) in [5, 5.41) is 20.0. The van der Waals surface area contributed by atoms with Crippen molar-refractivity contribution >= 4 is 39.6 Å². The number of hydrogen-bond donors (Lipinski definition) is 4. The summed E-state index contributed by atoms with van der Waals surface area (Å²) < 4.78 is 0. The fraction of sp³-hybridized carbons (Fsp3) is 0.182. The predicted molar refractivity (Wildman–Crippen MR) is 177 cm³/mol. The van der Waals surface area contributed by atoms with Crippen molar-refractivity contribution in [2.45, 2.75) is 34.6 Å². The van der Waals surface area contributed by atoms with Gasteiger partial charge in [-0.25, -0.2) is 9.98 Å². The number of phenolic OH excluding ortho intramolecular Hbond substituents is 1. The van der Waals surface area contributed by atoms with E-state index in [0.29, 0.717) is 28.0 Å². The molecule has 3 rings (SSSR count). The number of nitrogens with one attached hydrogen (secondary N) is 3. The third-order valence-corrected chi connectivity index (χ3v) is 6.70. The zero-order valence-corrected chi connectivity index (χ0v) is 25.4. The first-order valence-electron chi connectivity index (χ1n) is 13.3. The number of rotatable bonds is 10. The van der Waals surface area contributed by atoms with Gasteiger partial charge < -0.3 is 21.1 Å². The molecule has 3 aromatic rings. The lowest BCUT2D eigenvalue weighted by atomic mass is 10.1. The molecule has 0 saturated carbocycles. The molecule has 4 N–H and O–H groups in total. The Morgan fingerprint density at radius 3 is 2.44 bits per heavy atom. The first kappa shape index (κ1) is 32.5. The molecule has 0 spiro atoms. The summed E-state index contributed by atoms with van der Waals surface area (Å²) in [6.07, 6.45) is 10.8. The zero-order valence-electron chi connectivity index (χ0n) is 24.6. The second kappa shape index (κ2) is 16.4. The Balaban J connectivity index is 0.00000287. The van der Waals surface area contributed by atoms with Crippen LogP contribution < -0.4 is 16.0 Å². The van der Waals surface area contributed by atoms with E-state index in [1.54, 1.807) is 44.5 Å². The Hall–Kier alpha value is -4.69. The van der Waals surface area contributed by atoms with E-state index in [1.807, 2.05) is 70.2 Å². The lowest BCUT2D eigenvalue weighted by Crippen LogP contribution is -2.14. The Labute approximate surface area is 247 Å². The second-order valence-electron chi connectivity index (χ2n) is 8.52. The van der Waals surface area contributed by atoms with E-state index in [-0.39, 0.29) is 11.7 Å². The molecule has 214 valence electrons. The van der Waals surface area contributed by atoms with E-state index in [2.05, 4.69) is 39.1 Å². The van der Waals surface area contributed by atoms with Gasteiger partial charge in [0.05, 0.1) is 10.6 Å². The molecule has 0 unspecified atom stereocenters. The van der Waals surface area contributed by atoms with Gasteiger partial charge in [0.15, 0.2) is 5.13 Å². The van der Waals surface area contributed by atoms with Crippen molar-refractivity contribution in [3.05, 3.63) is 115 Å². The van der Waals surface area contributed by atoms with E-state index in [9.17, 15) is 9.90 Å². The minimum atomic E-state index is -0.350. The minimum absolute atomic E-state index is 0.0215. The van der Waals surface area contributed by atoms with Crippen LogP contribution in [0.2, 0.25) is 0 Å². The molecule has 0 saturated heterocycles. The maximum absolute atomic E-state index is 13.2. The largest absolute Gasteiger partial charge is 0.506 e. The topological polar surface area (TPSA) is 98.6 Å². The predicted octanol–water partition coefficient (Wildman–Crippen LogP) is 8.73. The van der Waals surface area contributed by atoms with Crippen molar-refractivity contribution in [2.24, 2.45) is 4.99 Å². The minimum Gasteiger partial charge on any atom is -0.506 e. The van der Waals surface area contributed by atoms with Crippen molar-refractivity contribution in [2.75, 3.05) is 23.0 Å². The third-order valence-electron chi connectivity index (χ3n) is 5.58. The standard InChI is InChI=1S/C31H33N5O2S.C2H6/c1-7-9-10-23(8-2)21(4)17-18-33-22(5)34-26-19-25(15-16-27(26)37)35-30(38)28-29(39-31(32-6)36-28)24-13-11-20(3)12-14-24;1-2/h7-19,37H,1,4H2,2-3,5-6H3,(H,32,36)(H,33,34)(H,35,38);1-2H3/b10-9-,18-17-,23-8+;. The maximum atomic E-state index is 13.2. The van der Waals surface area contributed by atoms with Gasteiger partial charge >= 0.3 is 0 Å². The number of aryl methyl sites for hydroxylation is 1. The van der Waals surface area contributed by atoms with Crippen molar-refractivity contribution < 1.29 is 9.90 Å². The Kier molecular flexibility index (Phi) is 13.0. The van der Waals surface area contributed by atoms with E-state index >= 15 is 0 Å². The van der Waals surface area contributed by atoms with E-state index in [0.717, 1.165) is 27.2 Å². The number of aliphatic imine (C=N–C) groups is 1. The van der Waals surface area contributed by atoms with Crippen LogP contribution in [0.15, 0.2) is 108 Å². The van der Waals surface area contributed by atoms with Gasteiger partial charge in [0.25, 0.3) is 5.91 Å². The number of aromatic nitrogens is 1. The number of anilines is 3. The highest BCUT2D eigenvalue weighted by molar-refractivity contribution is 7.19. The Bertz CT molecular complexity index is 1480. The average Bonchev–Trinajstić information content (AvgIpc) is 3.41. The molecule has 0 fully saturated rings. The van der Waals surface area contributed by atoms with Crippen molar-refractivity contribution in [3.63, 3.8) is 0 Å². The number of amidine groups is 1. The van der Waals surface area contributed by atoms with Crippen LogP contribution in [0.3, 0.4) is 0 Å². The number of allylic oxidation sites excluding steroid dienone is 7. The number of carbonyl (C=O) groups excluding carboxylic acids is 1. The van der Waals surface area contributed by atoms with Crippen LogP contribution in [0.1, 0.15) is 43.7 Å². The molecule has 8 heteroatoms. The van der Waals surface area contributed by atoms with Gasteiger partial charge in [-0.1, -0.05) is 92.5 Å². The SMILES string of the molecule is C=C/C=C\C(=C/C)C(=C)/C=C\N=C(C)Nc1cc(NC(=O)c2nc(NC)sc2-c2ccc(C)cc2)ccc1O.CC. The number of aromatic hydroxyl groups is 1. The van der Waals surface area contributed by atoms with E-state index in [1.165, 1.54) is 17.4 Å². The monoisotopic (exact) mass is 569 g/mol. The smallest absolute Gasteiger partial charge is 0.275 e. The quantitative estimate of drug-likeness (QED) is 0.0643. The Morgan fingerprint density at radius 1 is 1.10 bits per heavy atom. The van der Waals surface area contributed by atoms with Gasteiger partial charge in [-0.2, -0.15) is 0 Å². The number of nitrogens with zero attached hydrogens (tertiary/aromatic N) is 2. The van der Waals surface area contributed by atoms with Crippen LogP contribution in [0.5, 0.6) is 5.75 Å². The molecule has 7 nitrogen and oxygen atoms in total. The summed E-state index contributed by atoms with van der Waals surface area (Å²) in [5.74, 6) is 0.214. The number of carbonyl (C=O) groups is 1. The van der Waals surface area contributed by atoms with Crippen LogP contribution >= 0.6 is 11.3 Å². The van der Waals surface area contributed by atoms with Crippen LogP contribution in [-0.4, -0.2) is 28.9 Å². The molecule has 1 heterocycles. The third kappa shape index (κ3) is 9.47. The first-order chi connectivity index (χ1) is 19.7. The van der Waals surface area contributed by atoms with Crippen molar-refractivity contribution in [3.8, 4) is 16.2 Å². The van der Waals surface area contributed by atoms with Gasteiger partial charge in [-0.05, 0) is 61.8 Å². The van der Waals surface area contributed by atoms with Crippen LogP contribution in [0.4, 0.5) is 16.5 Å². The number of phenols is 1. The normalized spacial score (nSPS) is 11.7. The van der Waals surface area contributed by atoms with Crippen LogP contribution in [-0.2, 0) is 0 Å². The number of amides is 1. The van der Waals surface area contributed by atoms with Crippen LogP contribution in [0.25, 0.3) is 10.4 Å². The number of hydrogen-bond acceptors (Lipinski definition) is 6. The van der Waals surface area contributed by atoms with Crippen LogP contribution in [0, 0.1) is 6.92 Å². The fourth-order valence-electron chi connectivity index (χ4n) is 3.51. The summed E-state index contributed by atoms with van der Waals surface area (Å²) in [7, 11) is 1.77. The number of thiazole rings is 1. The molecule has 1 amide bonds. The summed E-state index contributed by atoms with van der Waals surface area (Å²) in [4.78, 5) is 22.9. The molecule has 2 aromatic carbocycles. The molecular weight excluding hydrogens is 530 g/mol. The number of benzene rings is 2. The van der Waals surface area contributed by atoms with Crippen molar-refractivity contribution in [1.29, 1.82) is 0 Å². The average molecular weight is 570 g/mol. The van der Waals surface area contributed by atoms with Crippen molar-refractivity contribution in [1.82, 2.24) is 4.98 Å². The van der Waals surface area contributed by atoms with Gasteiger partial charge in [0.2, 0.25) is 0 Å². The molecule has 0 bridgehead atoms. The molecule has 0 atom stereocenters. The van der Waals surface area contributed by atoms with Gasteiger partial charge in [-0.3, -0.25) is 4.79 Å². The Morgan fingerprint density at radius 2 is 1.80 bits per heavy atom. The van der Waals surface area contributed by atoms with Gasteiger partial charge in [-0.15, -0.1) is 0 Å². The highest BCUT2D eigenvalue weighted by atomic mass is 32.1. The van der Waals surface area contributed by atoms with Gasteiger partial charge in [0.1, 0.15) is 17.3 Å². The highest BCUT2D eigenvalue weighted by Crippen LogP contribution is 2.34.